The lowest BCUT2D eigenvalue weighted by Gasteiger charge is -2.25. The lowest BCUT2D eigenvalue weighted by Crippen LogP contribution is -2.34. The summed E-state index contributed by atoms with van der Waals surface area (Å²) in [6.07, 6.45) is 4.88. The molecule has 0 radical (unpaired) electrons. The first-order valence-corrected chi connectivity index (χ1v) is 6.27. The summed E-state index contributed by atoms with van der Waals surface area (Å²) in [5.74, 6) is 2.07. The van der Waals surface area contributed by atoms with Crippen LogP contribution in [-0.4, -0.2) is 17.3 Å². The summed E-state index contributed by atoms with van der Waals surface area (Å²) in [5.41, 5.74) is 0. The number of rotatable bonds is 4. The van der Waals surface area contributed by atoms with Gasteiger partial charge in [-0.1, -0.05) is 6.92 Å². The quantitative estimate of drug-likeness (QED) is 0.822. The maximum atomic E-state index is 9.40. The van der Waals surface area contributed by atoms with Gasteiger partial charge in [-0.3, -0.25) is 0 Å². The molecule has 1 fully saturated rings. The molecule has 0 amide bonds. The van der Waals surface area contributed by atoms with Gasteiger partial charge in [0, 0.05) is 12.5 Å². The summed E-state index contributed by atoms with van der Waals surface area (Å²) < 4.78 is 5.63. The number of furan rings is 1. The van der Waals surface area contributed by atoms with E-state index in [1.807, 2.05) is 12.1 Å². The van der Waals surface area contributed by atoms with Crippen LogP contribution in [0.15, 0.2) is 16.5 Å². The fraction of sp³-hybridized carbons (Fsp3) is 0.692. The van der Waals surface area contributed by atoms with Gasteiger partial charge in [0.25, 0.3) is 0 Å². The highest BCUT2D eigenvalue weighted by Gasteiger charge is 2.18. The van der Waals surface area contributed by atoms with Crippen LogP contribution in [0.25, 0.3) is 0 Å². The molecule has 1 aliphatic rings. The van der Waals surface area contributed by atoms with Crippen molar-refractivity contribution < 1.29 is 9.52 Å². The Labute approximate surface area is 96.8 Å². The second-order valence-corrected chi connectivity index (χ2v) is 4.61. The molecule has 0 spiro atoms. The minimum atomic E-state index is -0.0756. The van der Waals surface area contributed by atoms with E-state index >= 15 is 0 Å². The Morgan fingerprint density at radius 1 is 1.25 bits per heavy atom. The third-order valence-electron chi connectivity index (χ3n) is 3.33. The minimum absolute atomic E-state index is 0.0756. The van der Waals surface area contributed by atoms with Crippen LogP contribution in [0.5, 0.6) is 0 Å². The first-order valence-electron chi connectivity index (χ1n) is 6.27. The number of aliphatic hydroxyl groups is 1. The largest absolute Gasteiger partial charge is 0.465 e. The van der Waals surface area contributed by atoms with Crippen LogP contribution < -0.4 is 5.32 Å². The van der Waals surface area contributed by atoms with Crippen molar-refractivity contribution in [3.05, 3.63) is 23.7 Å². The van der Waals surface area contributed by atoms with Crippen LogP contribution in [0.1, 0.15) is 44.1 Å². The van der Waals surface area contributed by atoms with Gasteiger partial charge in [-0.05, 0) is 37.8 Å². The predicted molar refractivity (Wildman–Crippen MR) is 63.2 cm³/mol. The summed E-state index contributed by atoms with van der Waals surface area (Å²) in [6, 6.07) is 4.63. The molecule has 3 nitrogen and oxygen atoms in total. The highest BCUT2D eigenvalue weighted by Crippen LogP contribution is 2.19. The Hall–Kier alpha value is -0.800. The van der Waals surface area contributed by atoms with Gasteiger partial charge in [-0.25, -0.2) is 0 Å². The van der Waals surface area contributed by atoms with Crippen molar-refractivity contribution in [3.8, 4) is 0 Å². The molecule has 1 aromatic heterocycles. The van der Waals surface area contributed by atoms with Crippen LogP contribution >= 0.6 is 0 Å². The van der Waals surface area contributed by atoms with Gasteiger partial charge >= 0.3 is 0 Å². The molecule has 2 rings (SSSR count). The van der Waals surface area contributed by atoms with Crippen LogP contribution in [-0.2, 0) is 13.0 Å². The van der Waals surface area contributed by atoms with E-state index in [1.165, 1.54) is 0 Å². The van der Waals surface area contributed by atoms with Gasteiger partial charge in [-0.2, -0.15) is 0 Å². The van der Waals surface area contributed by atoms with Gasteiger partial charge in [-0.15, -0.1) is 0 Å². The lowest BCUT2D eigenvalue weighted by atomic mass is 9.93. The molecule has 1 aromatic rings. The molecule has 2 N–H and O–H groups in total. The highest BCUT2D eigenvalue weighted by molar-refractivity contribution is 5.06. The zero-order valence-corrected chi connectivity index (χ0v) is 9.91. The van der Waals surface area contributed by atoms with E-state index in [2.05, 4.69) is 12.2 Å². The third kappa shape index (κ3) is 3.09. The zero-order chi connectivity index (χ0) is 11.4. The Kier molecular flexibility index (Phi) is 4.02. The molecule has 1 saturated carbocycles. The van der Waals surface area contributed by atoms with E-state index in [-0.39, 0.29) is 6.10 Å². The van der Waals surface area contributed by atoms with E-state index < -0.39 is 0 Å². The third-order valence-corrected chi connectivity index (χ3v) is 3.33. The first-order chi connectivity index (χ1) is 7.78. The van der Waals surface area contributed by atoms with Crippen molar-refractivity contribution in [2.45, 2.75) is 57.7 Å². The van der Waals surface area contributed by atoms with Crippen molar-refractivity contribution in [2.75, 3.05) is 0 Å². The molecule has 0 unspecified atom stereocenters. The molecule has 1 aliphatic carbocycles. The van der Waals surface area contributed by atoms with Gasteiger partial charge < -0.3 is 14.8 Å². The highest BCUT2D eigenvalue weighted by atomic mass is 16.3. The fourth-order valence-electron chi connectivity index (χ4n) is 2.23. The molecule has 90 valence electrons. The van der Waals surface area contributed by atoms with Crippen molar-refractivity contribution in [2.24, 2.45) is 0 Å². The smallest absolute Gasteiger partial charge is 0.117 e. The monoisotopic (exact) mass is 223 g/mol. The SMILES string of the molecule is CCc1ccc(CNC2CCC(O)CC2)o1. The van der Waals surface area contributed by atoms with Crippen molar-refractivity contribution >= 4 is 0 Å². The topological polar surface area (TPSA) is 45.4 Å². The molecule has 0 saturated heterocycles. The first kappa shape index (κ1) is 11.7. The molecule has 0 bridgehead atoms. The van der Waals surface area contributed by atoms with Crippen molar-refractivity contribution in [1.29, 1.82) is 0 Å². The number of hydrogen-bond acceptors (Lipinski definition) is 3. The Morgan fingerprint density at radius 3 is 2.56 bits per heavy atom. The normalized spacial score (nSPS) is 25.9. The van der Waals surface area contributed by atoms with Crippen molar-refractivity contribution in [3.63, 3.8) is 0 Å². The minimum Gasteiger partial charge on any atom is -0.465 e. The van der Waals surface area contributed by atoms with Crippen molar-refractivity contribution in [1.82, 2.24) is 5.32 Å². The molecule has 0 atom stereocenters. The number of aliphatic hydroxyl groups excluding tert-OH is 1. The van der Waals surface area contributed by atoms with Crippen LogP contribution in [0.2, 0.25) is 0 Å². The maximum Gasteiger partial charge on any atom is 0.117 e. The summed E-state index contributed by atoms with van der Waals surface area (Å²) >= 11 is 0. The summed E-state index contributed by atoms with van der Waals surface area (Å²) in [7, 11) is 0. The molecule has 1 heterocycles. The predicted octanol–water partition coefficient (Wildman–Crippen LogP) is 2.24. The Balaban J connectivity index is 1.74. The number of aryl methyl sites for hydroxylation is 1. The van der Waals surface area contributed by atoms with Crippen LogP contribution in [0.3, 0.4) is 0 Å². The molecule has 3 heteroatoms. The Morgan fingerprint density at radius 2 is 1.94 bits per heavy atom. The zero-order valence-electron chi connectivity index (χ0n) is 9.91. The van der Waals surface area contributed by atoms with Crippen LogP contribution in [0, 0.1) is 0 Å². The lowest BCUT2D eigenvalue weighted by molar-refractivity contribution is 0.116. The standard InChI is InChI=1S/C13H21NO2/c1-2-12-7-8-13(16-12)9-14-10-3-5-11(15)6-4-10/h7-8,10-11,14-15H,2-6,9H2,1H3. The van der Waals surface area contributed by atoms with Gasteiger partial charge in [0.1, 0.15) is 11.5 Å². The number of hydrogen-bond donors (Lipinski definition) is 2. The van der Waals surface area contributed by atoms with Crippen LogP contribution in [0.4, 0.5) is 0 Å². The maximum absolute atomic E-state index is 9.40. The van der Waals surface area contributed by atoms with Gasteiger partial charge in [0.15, 0.2) is 0 Å². The number of nitrogens with one attached hydrogen (secondary N) is 1. The average molecular weight is 223 g/mol. The molecular formula is C13H21NO2. The summed E-state index contributed by atoms with van der Waals surface area (Å²) in [6.45, 7) is 2.90. The van der Waals surface area contributed by atoms with Gasteiger partial charge in [0.2, 0.25) is 0 Å². The van der Waals surface area contributed by atoms with E-state index in [0.717, 1.165) is 50.2 Å². The van der Waals surface area contributed by atoms with E-state index in [1.54, 1.807) is 0 Å². The second kappa shape index (κ2) is 5.51. The molecule has 16 heavy (non-hydrogen) atoms. The Bertz CT molecular complexity index is 313. The van der Waals surface area contributed by atoms with E-state index in [4.69, 9.17) is 4.42 Å². The van der Waals surface area contributed by atoms with Gasteiger partial charge in [0.05, 0.1) is 12.6 Å². The summed E-state index contributed by atoms with van der Waals surface area (Å²) in [5, 5.41) is 12.9. The average Bonchev–Trinajstić information content (AvgIpc) is 2.76. The second-order valence-electron chi connectivity index (χ2n) is 4.61. The molecule has 0 aliphatic heterocycles. The van der Waals surface area contributed by atoms with E-state index in [9.17, 15) is 5.11 Å². The van der Waals surface area contributed by atoms with E-state index in [0.29, 0.717) is 6.04 Å². The molecule has 0 aromatic carbocycles. The molecular weight excluding hydrogens is 202 g/mol. The fourth-order valence-corrected chi connectivity index (χ4v) is 2.23. The summed E-state index contributed by atoms with van der Waals surface area (Å²) in [4.78, 5) is 0.